The highest BCUT2D eigenvalue weighted by Gasteiger charge is 2.35. The molecule has 0 fully saturated rings. The van der Waals surface area contributed by atoms with Gasteiger partial charge in [0.2, 0.25) is 0 Å². The molecule has 3 aromatic carbocycles. The van der Waals surface area contributed by atoms with Gasteiger partial charge in [-0.25, -0.2) is 9.18 Å². The van der Waals surface area contributed by atoms with Gasteiger partial charge >= 0.3 is 18.3 Å². The average molecular weight is 681 g/mol. The lowest BCUT2D eigenvalue weighted by molar-refractivity contribution is -0.140. The molecule has 0 saturated heterocycles. The van der Waals surface area contributed by atoms with Crippen LogP contribution in [0.5, 0.6) is 5.75 Å². The van der Waals surface area contributed by atoms with Crippen LogP contribution in [0, 0.1) is 5.82 Å². The maximum absolute atomic E-state index is 13.8. The Kier molecular flexibility index (Phi) is 8.44. The normalized spacial score (nSPS) is 11.9. The minimum Gasteiger partial charge on any atom is -0.496 e. The van der Waals surface area contributed by atoms with Gasteiger partial charge in [-0.15, -0.1) is 11.3 Å². The van der Waals surface area contributed by atoms with Gasteiger partial charge in [0, 0.05) is 28.4 Å². The van der Waals surface area contributed by atoms with Crippen LogP contribution < -0.4 is 15.4 Å². The summed E-state index contributed by atoms with van der Waals surface area (Å²) in [4.78, 5) is 38.5. The van der Waals surface area contributed by atoms with E-state index in [4.69, 9.17) is 4.74 Å². The fourth-order valence-corrected chi connectivity index (χ4v) is 5.79. The molecule has 244 valence electrons. The standard InChI is InChI=1S/C30H19F7N4O5S/c1-41-24(28(44)45)18(12-38-41)13-3-8-21(46-2)17(9-13)26(42)40-23-16-6-4-14(29(32,33)34)10-22(16)47-25(23)27(43)39-15-5-7-20(31)19(11-15)30(35,36)37/h3-12H,1-2H3,(H,39,43)(H,40,42)(H,44,45). The van der Waals surface area contributed by atoms with E-state index in [1.165, 1.54) is 38.6 Å². The topological polar surface area (TPSA) is 123 Å². The Balaban J connectivity index is 1.59. The highest BCUT2D eigenvalue weighted by molar-refractivity contribution is 7.21. The smallest absolute Gasteiger partial charge is 0.419 e. The fourth-order valence-electron chi connectivity index (χ4n) is 4.70. The minimum absolute atomic E-state index is 0.00269. The Morgan fingerprint density at radius 3 is 2.28 bits per heavy atom. The number of carboxylic acids is 1. The van der Waals surface area contributed by atoms with Crippen molar-refractivity contribution in [2.45, 2.75) is 12.4 Å². The molecule has 2 amide bonds. The van der Waals surface area contributed by atoms with Crippen LogP contribution in [0.15, 0.2) is 60.8 Å². The monoisotopic (exact) mass is 680 g/mol. The number of amides is 2. The third-order valence-electron chi connectivity index (χ3n) is 6.89. The number of anilines is 2. The molecule has 3 N–H and O–H groups in total. The number of benzene rings is 3. The zero-order valence-corrected chi connectivity index (χ0v) is 24.6. The zero-order chi connectivity index (χ0) is 34.4. The molecule has 0 saturated carbocycles. The number of carbonyl (C=O) groups excluding carboxylic acids is 2. The van der Waals surface area contributed by atoms with Crippen LogP contribution in [-0.2, 0) is 19.4 Å². The summed E-state index contributed by atoms with van der Waals surface area (Å²) in [5.41, 5.74) is -3.47. The zero-order valence-electron chi connectivity index (χ0n) is 23.8. The van der Waals surface area contributed by atoms with Crippen molar-refractivity contribution in [1.29, 1.82) is 0 Å². The molecule has 47 heavy (non-hydrogen) atoms. The molecule has 9 nitrogen and oxygen atoms in total. The summed E-state index contributed by atoms with van der Waals surface area (Å²) in [5.74, 6) is -4.94. The number of aryl methyl sites for hydroxylation is 1. The maximum atomic E-state index is 13.8. The first-order chi connectivity index (χ1) is 22.0. The number of aromatic nitrogens is 2. The van der Waals surface area contributed by atoms with Crippen molar-refractivity contribution in [1.82, 2.24) is 9.78 Å². The van der Waals surface area contributed by atoms with Gasteiger partial charge in [0.15, 0.2) is 5.69 Å². The van der Waals surface area contributed by atoms with Gasteiger partial charge in [-0.1, -0.05) is 12.1 Å². The van der Waals surface area contributed by atoms with E-state index in [0.29, 0.717) is 23.5 Å². The molecule has 0 radical (unpaired) electrons. The van der Waals surface area contributed by atoms with E-state index >= 15 is 0 Å². The number of nitrogens with one attached hydrogen (secondary N) is 2. The fraction of sp³-hybridized carbons (Fsp3) is 0.133. The van der Waals surface area contributed by atoms with Crippen LogP contribution in [0.2, 0.25) is 0 Å². The van der Waals surface area contributed by atoms with E-state index in [1.807, 2.05) is 0 Å². The molecular formula is C30H19F7N4O5S. The first-order valence-electron chi connectivity index (χ1n) is 13.1. The molecule has 0 atom stereocenters. The SMILES string of the molecule is COc1ccc(-c2cnn(C)c2C(=O)O)cc1C(=O)Nc1c(C(=O)Nc2ccc(F)c(C(F)(F)F)c2)sc2cc(C(F)(F)F)ccc12. The summed E-state index contributed by atoms with van der Waals surface area (Å²) >= 11 is 0.519. The number of ether oxygens (including phenoxy) is 1. The first kappa shape index (κ1) is 32.9. The number of halogens is 7. The number of fused-ring (bicyclic) bond motifs is 1. The highest BCUT2D eigenvalue weighted by atomic mass is 32.1. The molecule has 17 heteroatoms. The van der Waals surface area contributed by atoms with Gasteiger partial charge in [0.1, 0.15) is 16.4 Å². The highest BCUT2D eigenvalue weighted by Crippen LogP contribution is 2.41. The van der Waals surface area contributed by atoms with E-state index in [-0.39, 0.29) is 48.8 Å². The minimum atomic E-state index is -5.09. The number of methoxy groups -OCH3 is 1. The molecule has 0 aliphatic carbocycles. The molecule has 5 aromatic rings. The van der Waals surface area contributed by atoms with Crippen LogP contribution in [0.4, 0.5) is 42.1 Å². The molecule has 0 bridgehead atoms. The Hall–Kier alpha value is -5.45. The van der Waals surface area contributed by atoms with Crippen molar-refractivity contribution in [3.63, 3.8) is 0 Å². The van der Waals surface area contributed by atoms with E-state index in [9.17, 15) is 50.2 Å². The van der Waals surface area contributed by atoms with E-state index < -0.39 is 52.8 Å². The first-order valence-corrected chi connectivity index (χ1v) is 13.9. The molecule has 5 rings (SSSR count). The third-order valence-corrected chi connectivity index (χ3v) is 8.04. The largest absolute Gasteiger partial charge is 0.496 e. The number of carboxylic acid groups (broad SMARTS) is 1. The van der Waals surface area contributed by atoms with Crippen molar-refractivity contribution >= 4 is 50.6 Å². The summed E-state index contributed by atoms with van der Waals surface area (Å²) in [6.07, 6.45) is -8.59. The van der Waals surface area contributed by atoms with Gasteiger partial charge in [-0.2, -0.15) is 31.4 Å². The number of alkyl halides is 6. The van der Waals surface area contributed by atoms with E-state index in [0.717, 1.165) is 28.9 Å². The maximum Gasteiger partial charge on any atom is 0.419 e. The van der Waals surface area contributed by atoms with Crippen LogP contribution in [-0.4, -0.2) is 39.8 Å². The Morgan fingerprint density at radius 2 is 1.64 bits per heavy atom. The van der Waals surface area contributed by atoms with Crippen molar-refractivity contribution in [2.24, 2.45) is 7.05 Å². The van der Waals surface area contributed by atoms with Crippen molar-refractivity contribution in [2.75, 3.05) is 17.7 Å². The van der Waals surface area contributed by atoms with Gasteiger partial charge in [0.25, 0.3) is 11.8 Å². The molecule has 0 spiro atoms. The van der Waals surface area contributed by atoms with Crippen LogP contribution in [0.3, 0.4) is 0 Å². The molecule has 2 heterocycles. The van der Waals surface area contributed by atoms with E-state index in [1.54, 1.807) is 0 Å². The quantitative estimate of drug-likeness (QED) is 0.152. The second kappa shape index (κ2) is 12.1. The second-order valence-electron chi connectivity index (χ2n) is 9.87. The van der Waals surface area contributed by atoms with Gasteiger partial charge in [-0.05, 0) is 48.0 Å². The van der Waals surface area contributed by atoms with Crippen LogP contribution in [0.25, 0.3) is 21.2 Å². The number of nitrogens with zero attached hydrogens (tertiary/aromatic N) is 2. The molecular weight excluding hydrogens is 661 g/mol. The number of hydrogen-bond acceptors (Lipinski definition) is 6. The lowest BCUT2D eigenvalue weighted by atomic mass is 10.0. The molecule has 0 aliphatic heterocycles. The predicted octanol–water partition coefficient (Wildman–Crippen LogP) is 7.69. The summed E-state index contributed by atoms with van der Waals surface area (Å²) in [7, 11) is 2.65. The Labute approximate surface area is 263 Å². The predicted molar refractivity (Wildman–Crippen MR) is 156 cm³/mol. The Morgan fingerprint density at radius 1 is 0.915 bits per heavy atom. The third kappa shape index (κ3) is 6.46. The number of aromatic carboxylic acids is 1. The summed E-state index contributed by atoms with van der Waals surface area (Å²) < 4.78 is 100. The molecule has 2 aromatic heterocycles. The van der Waals surface area contributed by atoms with Crippen molar-refractivity contribution in [3.05, 3.63) is 93.9 Å². The average Bonchev–Trinajstić information content (AvgIpc) is 3.57. The number of rotatable bonds is 7. The summed E-state index contributed by atoms with van der Waals surface area (Å²) in [6, 6.07) is 8.28. The van der Waals surface area contributed by atoms with E-state index in [2.05, 4.69) is 15.7 Å². The van der Waals surface area contributed by atoms with Crippen molar-refractivity contribution in [3.8, 4) is 16.9 Å². The second-order valence-corrected chi connectivity index (χ2v) is 10.9. The number of carbonyl (C=O) groups is 3. The van der Waals surface area contributed by atoms with Gasteiger partial charge < -0.3 is 20.5 Å². The van der Waals surface area contributed by atoms with Gasteiger partial charge in [-0.3, -0.25) is 14.3 Å². The Bertz CT molecular complexity index is 2070. The molecule has 0 aliphatic rings. The molecule has 0 unspecified atom stereocenters. The van der Waals surface area contributed by atoms with Crippen LogP contribution in [0.1, 0.15) is 41.6 Å². The number of thiophene rings is 1. The lowest BCUT2D eigenvalue weighted by Crippen LogP contribution is -2.18. The van der Waals surface area contributed by atoms with Gasteiger partial charge in [0.05, 0.1) is 35.7 Å². The van der Waals surface area contributed by atoms with Crippen molar-refractivity contribution < 1.29 is 55.0 Å². The lowest BCUT2D eigenvalue weighted by Gasteiger charge is -2.13. The van der Waals surface area contributed by atoms with Crippen LogP contribution >= 0.6 is 11.3 Å². The summed E-state index contributed by atoms with van der Waals surface area (Å²) in [6.45, 7) is 0. The number of hydrogen-bond donors (Lipinski definition) is 3. The summed E-state index contributed by atoms with van der Waals surface area (Å²) in [5, 5.41) is 18.2.